The Bertz CT molecular complexity index is 598. The van der Waals surface area contributed by atoms with Crippen molar-refractivity contribution in [2.24, 2.45) is 16.3 Å². The van der Waals surface area contributed by atoms with Crippen LogP contribution < -0.4 is 10.6 Å². The largest absolute Gasteiger partial charge is 0.385 e. The highest BCUT2D eigenvalue weighted by atomic mass is 32.1. The Labute approximate surface area is 181 Å². The molecule has 2 heterocycles. The van der Waals surface area contributed by atoms with Crippen LogP contribution in [0.2, 0.25) is 0 Å². The fraction of sp³-hybridized carbons (Fsp3) is 0.783. The van der Waals surface area contributed by atoms with E-state index in [4.69, 9.17) is 9.73 Å². The van der Waals surface area contributed by atoms with Gasteiger partial charge in [0.25, 0.3) is 0 Å². The van der Waals surface area contributed by atoms with E-state index in [9.17, 15) is 0 Å². The van der Waals surface area contributed by atoms with Gasteiger partial charge < -0.3 is 15.4 Å². The number of guanidine groups is 1. The molecule has 1 saturated heterocycles. The molecule has 6 heteroatoms. The zero-order chi connectivity index (χ0) is 20.4. The molecule has 5 nitrogen and oxygen atoms in total. The number of rotatable bonds is 10. The average Bonchev–Trinajstić information content (AvgIpc) is 3.42. The molecule has 1 aliphatic heterocycles. The first-order chi connectivity index (χ1) is 14.2. The quantitative estimate of drug-likeness (QED) is 0.442. The van der Waals surface area contributed by atoms with Gasteiger partial charge in [0, 0.05) is 51.3 Å². The number of ether oxygens (including phenoxy) is 1. The van der Waals surface area contributed by atoms with Crippen LogP contribution in [0.5, 0.6) is 0 Å². The molecule has 1 saturated carbocycles. The van der Waals surface area contributed by atoms with Gasteiger partial charge in [-0.1, -0.05) is 18.9 Å². The van der Waals surface area contributed by atoms with E-state index < -0.39 is 0 Å². The second-order valence-electron chi connectivity index (χ2n) is 8.85. The van der Waals surface area contributed by atoms with Crippen LogP contribution in [0.15, 0.2) is 22.5 Å². The monoisotopic (exact) mass is 420 g/mol. The van der Waals surface area contributed by atoms with Gasteiger partial charge in [0.2, 0.25) is 0 Å². The van der Waals surface area contributed by atoms with Crippen LogP contribution in [0.3, 0.4) is 0 Å². The number of methoxy groups -OCH3 is 1. The summed E-state index contributed by atoms with van der Waals surface area (Å²) in [5, 5.41) is 9.30. The summed E-state index contributed by atoms with van der Waals surface area (Å²) in [5.74, 6) is 1.69. The molecule has 0 radical (unpaired) electrons. The third-order valence-corrected chi connectivity index (χ3v) is 7.40. The lowest BCUT2D eigenvalue weighted by molar-refractivity contribution is 0.141. The molecule has 3 rings (SSSR count). The number of piperidine rings is 1. The van der Waals surface area contributed by atoms with E-state index in [0.29, 0.717) is 11.3 Å². The van der Waals surface area contributed by atoms with E-state index in [-0.39, 0.29) is 0 Å². The number of nitrogens with zero attached hydrogens (tertiary/aromatic N) is 2. The van der Waals surface area contributed by atoms with Crippen molar-refractivity contribution < 1.29 is 4.74 Å². The molecule has 1 aromatic rings. The normalized spacial score (nSPS) is 22.7. The molecular weight excluding hydrogens is 380 g/mol. The summed E-state index contributed by atoms with van der Waals surface area (Å²) in [7, 11) is 1.81. The smallest absolute Gasteiger partial charge is 0.191 e. The van der Waals surface area contributed by atoms with Crippen LogP contribution in [0.25, 0.3) is 0 Å². The Morgan fingerprint density at radius 1 is 1.31 bits per heavy atom. The van der Waals surface area contributed by atoms with Crippen LogP contribution in [0, 0.1) is 11.3 Å². The first kappa shape index (κ1) is 22.6. The van der Waals surface area contributed by atoms with Crippen molar-refractivity contribution in [1.29, 1.82) is 0 Å². The Balaban J connectivity index is 1.49. The second-order valence-corrected chi connectivity index (χ2v) is 9.88. The van der Waals surface area contributed by atoms with Gasteiger partial charge in [-0.15, -0.1) is 11.3 Å². The minimum Gasteiger partial charge on any atom is -0.385 e. The van der Waals surface area contributed by atoms with E-state index >= 15 is 0 Å². The number of aliphatic imine (C=N–C) groups is 1. The summed E-state index contributed by atoms with van der Waals surface area (Å²) in [6.45, 7) is 9.35. The molecule has 2 N–H and O–H groups in total. The van der Waals surface area contributed by atoms with Crippen LogP contribution in [0.1, 0.15) is 56.7 Å². The molecule has 0 amide bonds. The lowest BCUT2D eigenvalue weighted by atomic mass is 9.83. The number of thiophene rings is 1. The van der Waals surface area contributed by atoms with Gasteiger partial charge in [0.1, 0.15) is 0 Å². The first-order valence-electron chi connectivity index (χ1n) is 11.5. The van der Waals surface area contributed by atoms with Gasteiger partial charge in [0.15, 0.2) is 5.96 Å². The fourth-order valence-electron chi connectivity index (χ4n) is 4.84. The zero-order valence-electron chi connectivity index (χ0n) is 18.4. The van der Waals surface area contributed by atoms with Gasteiger partial charge in [-0.25, -0.2) is 0 Å². The van der Waals surface area contributed by atoms with E-state index in [1.54, 1.807) is 0 Å². The molecule has 164 valence electrons. The number of likely N-dealkylation sites (tertiary alicyclic amines) is 1. The Morgan fingerprint density at radius 3 is 2.90 bits per heavy atom. The lowest BCUT2D eigenvalue weighted by Gasteiger charge is -2.33. The fourth-order valence-corrected chi connectivity index (χ4v) is 5.59. The summed E-state index contributed by atoms with van der Waals surface area (Å²) in [5.41, 5.74) is 0.348. The van der Waals surface area contributed by atoms with Crippen molar-refractivity contribution in [2.75, 3.05) is 46.4 Å². The summed E-state index contributed by atoms with van der Waals surface area (Å²) < 4.78 is 5.37. The molecule has 2 fully saturated rings. The summed E-state index contributed by atoms with van der Waals surface area (Å²) in [6.07, 6.45) is 9.00. The van der Waals surface area contributed by atoms with Crippen molar-refractivity contribution in [1.82, 2.24) is 15.5 Å². The number of hydrogen-bond donors (Lipinski definition) is 2. The maximum absolute atomic E-state index is 5.37. The molecule has 0 aromatic carbocycles. The Hall–Kier alpha value is -1.11. The lowest BCUT2D eigenvalue weighted by Crippen LogP contribution is -2.44. The maximum atomic E-state index is 5.37. The Kier molecular flexibility index (Phi) is 9.28. The second kappa shape index (κ2) is 11.9. The standard InChI is InChI=1S/C23H40N4OS/c1-3-24-22(26-19-23(12-14-28-2)10-4-5-11-23)25-16-20-8-6-13-27(17-20)18-21-9-7-15-29-21/h7,9,15,20H,3-6,8,10-14,16-19H2,1-2H3,(H2,24,25,26). The van der Waals surface area contributed by atoms with E-state index in [0.717, 1.165) is 45.2 Å². The van der Waals surface area contributed by atoms with Gasteiger partial charge in [-0.2, -0.15) is 0 Å². The van der Waals surface area contributed by atoms with E-state index in [1.807, 2.05) is 18.4 Å². The summed E-state index contributed by atoms with van der Waals surface area (Å²) in [4.78, 5) is 9.10. The van der Waals surface area contributed by atoms with E-state index in [1.165, 1.54) is 56.5 Å². The molecule has 2 aliphatic rings. The predicted octanol–water partition coefficient (Wildman–Crippen LogP) is 4.11. The predicted molar refractivity (Wildman–Crippen MR) is 124 cm³/mol. The first-order valence-corrected chi connectivity index (χ1v) is 12.4. The molecular formula is C23H40N4OS. The molecule has 1 atom stereocenters. The SMILES string of the molecule is CCNC(=NCC1(CCOC)CCCC1)NCC1CCCN(Cc2cccs2)C1. The van der Waals surface area contributed by atoms with Crippen LogP contribution in [-0.2, 0) is 11.3 Å². The third kappa shape index (κ3) is 7.26. The van der Waals surface area contributed by atoms with Gasteiger partial charge >= 0.3 is 0 Å². The minimum atomic E-state index is 0.348. The molecule has 0 bridgehead atoms. The molecule has 0 spiro atoms. The van der Waals surface area contributed by atoms with Crippen molar-refractivity contribution in [3.8, 4) is 0 Å². The van der Waals surface area contributed by atoms with Crippen molar-refractivity contribution in [3.05, 3.63) is 22.4 Å². The average molecular weight is 421 g/mol. The zero-order valence-corrected chi connectivity index (χ0v) is 19.2. The number of hydrogen-bond acceptors (Lipinski definition) is 4. The van der Waals surface area contributed by atoms with Gasteiger partial charge in [-0.3, -0.25) is 9.89 Å². The Morgan fingerprint density at radius 2 is 2.17 bits per heavy atom. The third-order valence-electron chi connectivity index (χ3n) is 6.54. The van der Waals surface area contributed by atoms with Crippen molar-refractivity contribution in [3.63, 3.8) is 0 Å². The molecule has 29 heavy (non-hydrogen) atoms. The van der Waals surface area contributed by atoms with Crippen LogP contribution in [-0.4, -0.2) is 57.3 Å². The van der Waals surface area contributed by atoms with E-state index in [2.05, 4.69) is 40.0 Å². The minimum absolute atomic E-state index is 0.348. The maximum Gasteiger partial charge on any atom is 0.191 e. The highest BCUT2D eigenvalue weighted by Crippen LogP contribution is 2.41. The van der Waals surface area contributed by atoms with Crippen molar-refractivity contribution in [2.45, 2.75) is 58.4 Å². The topological polar surface area (TPSA) is 48.9 Å². The summed E-state index contributed by atoms with van der Waals surface area (Å²) >= 11 is 1.87. The van der Waals surface area contributed by atoms with Crippen LogP contribution in [0.4, 0.5) is 0 Å². The molecule has 1 aliphatic carbocycles. The highest BCUT2D eigenvalue weighted by molar-refractivity contribution is 7.09. The number of nitrogens with one attached hydrogen (secondary N) is 2. The van der Waals surface area contributed by atoms with Crippen molar-refractivity contribution >= 4 is 17.3 Å². The molecule has 1 unspecified atom stereocenters. The van der Waals surface area contributed by atoms with Crippen LogP contribution >= 0.6 is 11.3 Å². The van der Waals surface area contributed by atoms with Gasteiger partial charge in [-0.05, 0) is 68.4 Å². The summed E-state index contributed by atoms with van der Waals surface area (Å²) in [6, 6.07) is 4.41. The molecule has 1 aromatic heterocycles. The van der Waals surface area contributed by atoms with Gasteiger partial charge in [0.05, 0.1) is 0 Å². The highest BCUT2D eigenvalue weighted by Gasteiger charge is 2.33.